The third kappa shape index (κ3) is 7.25. The smallest absolute Gasteiger partial charge is 0.475 e. The highest BCUT2D eigenvalue weighted by atomic mass is 35.5. The summed E-state index contributed by atoms with van der Waals surface area (Å²) in [5.41, 5.74) is 3.10. The first-order valence-electron chi connectivity index (χ1n) is 12.7. The molecule has 0 radical (unpaired) electrons. The summed E-state index contributed by atoms with van der Waals surface area (Å²) in [6.45, 7) is 5.81. The first kappa shape index (κ1) is 31.8. The standard InChI is InChI=1S/C25H23Cl2FN6O2.C2HF3O2/c1-14-9-15(2)31-25(30-14)33-7-5-32(6-8-33)24(36)18-11-16(3-4-20(18)28)10-17-13-29-23(35)21-12-19(26)22(27)34(17)21;3-2(4,5)1(6)7/h3-4,9,11-13H,5-8,10H2,1-2H3,(H,29,35);(H,6,7). The molecule has 43 heavy (non-hydrogen) atoms. The zero-order valence-electron chi connectivity index (χ0n) is 22.7. The van der Waals surface area contributed by atoms with E-state index < -0.39 is 18.0 Å². The third-order valence-corrected chi connectivity index (χ3v) is 7.25. The summed E-state index contributed by atoms with van der Waals surface area (Å²) in [7, 11) is 0. The maximum Gasteiger partial charge on any atom is 0.490 e. The number of aromatic nitrogens is 4. The number of aromatic amines is 1. The Hall–Kier alpha value is -4.17. The summed E-state index contributed by atoms with van der Waals surface area (Å²) in [5.74, 6) is -3.07. The average Bonchev–Trinajstić information content (AvgIpc) is 3.25. The first-order chi connectivity index (χ1) is 20.1. The number of hydrogen-bond acceptors (Lipinski definition) is 6. The summed E-state index contributed by atoms with van der Waals surface area (Å²) < 4.78 is 48.0. The number of fused-ring (bicyclic) bond motifs is 1. The van der Waals surface area contributed by atoms with Gasteiger partial charge < -0.3 is 19.9 Å². The van der Waals surface area contributed by atoms with E-state index in [1.807, 2.05) is 24.8 Å². The predicted molar refractivity (Wildman–Crippen MR) is 151 cm³/mol. The Morgan fingerprint density at radius 3 is 2.21 bits per heavy atom. The van der Waals surface area contributed by atoms with E-state index in [0.717, 1.165) is 11.4 Å². The van der Waals surface area contributed by atoms with Crippen LogP contribution in [0.4, 0.5) is 23.5 Å². The Bertz CT molecular complexity index is 1730. The van der Waals surface area contributed by atoms with Crippen LogP contribution in [0.5, 0.6) is 0 Å². The fourth-order valence-corrected chi connectivity index (χ4v) is 4.95. The predicted octanol–water partition coefficient (Wildman–Crippen LogP) is 4.67. The number of anilines is 1. The van der Waals surface area contributed by atoms with Crippen molar-refractivity contribution in [2.45, 2.75) is 26.4 Å². The van der Waals surface area contributed by atoms with Crippen molar-refractivity contribution in [3.63, 3.8) is 0 Å². The van der Waals surface area contributed by atoms with Gasteiger partial charge in [-0.2, -0.15) is 13.2 Å². The number of H-pyrrole nitrogens is 1. The van der Waals surface area contributed by atoms with Crippen LogP contribution in [-0.4, -0.2) is 73.6 Å². The first-order valence-corrected chi connectivity index (χ1v) is 13.4. The molecule has 4 heterocycles. The molecule has 1 fully saturated rings. The molecule has 0 aliphatic carbocycles. The van der Waals surface area contributed by atoms with Gasteiger partial charge in [0.1, 0.15) is 16.5 Å². The highest BCUT2D eigenvalue weighted by Gasteiger charge is 2.38. The number of rotatable bonds is 4. The van der Waals surface area contributed by atoms with Crippen LogP contribution in [0.3, 0.4) is 0 Å². The highest BCUT2D eigenvalue weighted by Crippen LogP contribution is 2.27. The molecule has 228 valence electrons. The molecule has 2 N–H and O–H groups in total. The number of hydrogen-bond donors (Lipinski definition) is 2. The van der Waals surface area contributed by atoms with Crippen molar-refractivity contribution >= 4 is 46.5 Å². The molecule has 5 rings (SSSR count). The maximum absolute atomic E-state index is 14.7. The summed E-state index contributed by atoms with van der Waals surface area (Å²) in [4.78, 5) is 49.6. The zero-order valence-corrected chi connectivity index (χ0v) is 24.2. The van der Waals surface area contributed by atoms with Crippen molar-refractivity contribution in [1.29, 1.82) is 0 Å². The van der Waals surface area contributed by atoms with E-state index in [-0.39, 0.29) is 27.2 Å². The van der Waals surface area contributed by atoms with Crippen molar-refractivity contribution in [3.8, 4) is 0 Å². The maximum atomic E-state index is 14.7. The Labute approximate surface area is 251 Å². The number of aryl methyl sites for hydroxylation is 2. The number of carbonyl (C=O) groups excluding carboxylic acids is 1. The van der Waals surface area contributed by atoms with E-state index in [1.54, 1.807) is 21.4 Å². The Morgan fingerprint density at radius 2 is 1.63 bits per heavy atom. The molecule has 1 amide bonds. The fraction of sp³-hybridized carbons (Fsp3) is 0.296. The number of carbonyl (C=O) groups is 2. The molecule has 1 aromatic carbocycles. The van der Waals surface area contributed by atoms with Crippen LogP contribution in [0.1, 0.15) is 33.0 Å². The lowest BCUT2D eigenvalue weighted by Gasteiger charge is -2.35. The van der Waals surface area contributed by atoms with Crippen LogP contribution < -0.4 is 10.5 Å². The van der Waals surface area contributed by atoms with Crippen molar-refractivity contribution < 1.29 is 32.3 Å². The van der Waals surface area contributed by atoms with E-state index in [9.17, 15) is 27.2 Å². The molecular weight excluding hydrogens is 619 g/mol. The minimum absolute atomic E-state index is 0.000837. The lowest BCUT2D eigenvalue weighted by Crippen LogP contribution is -2.49. The van der Waals surface area contributed by atoms with Crippen LogP contribution in [-0.2, 0) is 11.2 Å². The number of amides is 1. The monoisotopic (exact) mass is 642 g/mol. The third-order valence-electron chi connectivity index (χ3n) is 6.50. The lowest BCUT2D eigenvalue weighted by molar-refractivity contribution is -0.192. The van der Waals surface area contributed by atoms with Gasteiger partial charge in [-0.05, 0) is 43.7 Å². The summed E-state index contributed by atoms with van der Waals surface area (Å²) in [5, 5.41) is 7.60. The molecule has 1 saturated heterocycles. The van der Waals surface area contributed by atoms with Gasteiger partial charge in [0.2, 0.25) is 5.95 Å². The minimum atomic E-state index is -5.08. The number of halogens is 6. The van der Waals surface area contributed by atoms with Gasteiger partial charge in [-0.3, -0.25) is 14.0 Å². The van der Waals surface area contributed by atoms with Gasteiger partial charge in [-0.25, -0.2) is 19.2 Å². The number of benzene rings is 1. The van der Waals surface area contributed by atoms with Gasteiger partial charge in [-0.1, -0.05) is 29.3 Å². The number of piperazine rings is 1. The van der Waals surface area contributed by atoms with Crippen LogP contribution in [0, 0.1) is 19.7 Å². The number of nitrogens with one attached hydrogen (secondary N) is 1. The minimum Gasteiger partial charge on any atom is -0.475 e. The second-order valence-electron chi connectivity index (χ2n) is 9.64. The van der Waals surface area contributed by atoms with Gasteiger partial charge in [-0.15, -0.1) is 0 Å². The molecule has 3 aromatic heterocycles. The molecule has 0 bridgehead atoms. The Morgan fingerprint density at radius 1 is 1.02 bits per heavy atom. The Kier molecular flexibility index (Phi) is 9.30. The number of carboxylic acids is 1. The second kappa shape index (κ2) is 12.6. The molecule has 16 heteroatoms. The molecule has 0 unspecified atom stereocenters. The van der Waals surface area contributed by atoms with Crippen LogP contribution >= 0.6 is 23.2 Å². The SMILES string of the molecule is Cc1cc(C)nc(N2CCN(C(=O)c3cc(Cc4c[nH]c(=O)c5cc(Cl)c(Cl)n45)ccc3F)CC2)n1.O=C(O)C(F)(F)F. The van der Waals surface area contributed by atoms with Gasteiger partial charge in [0.25, 0.3) is 11.5 Å². The van der Waals surface area contributed by atoms with Crippen molar-refractivity contribution in [1.82, 2.24) is 24.3 Å². The molecule has 0 saturated carbocycles. The zero-order chi connectivity index (χ0) is 31.6. The van der Waals surface area contributed by atoms with E-state index >= 15 is 0 Å². The van der Waals surface area contributed by atoms with E-state index in [4.69, 9.17) is 33.1 Å². The molecule has 10 nitrogen and oxygen atoms in total. The van der Waals surface area contributed by atoms with Gasteiger partial charge in [0, 0.05) is 55.9 Å². The number of alkyl halides is 3. The van der Waals surface area contributed by atoms with Crippen LogP contribution in [0.2, 0.25) is 10.2 Å². The quantitative estimate of drug-likeness (QED) is 0.310. The fourth-order valence-electron chi connectivity index (χ4n) is 4.51. The molecule has 0 spiro atoms. The van der Waals surface area contributed by atoms with Crippen molar-refractivity contribution in [2.75, 3.05) is 31.1 Å². The second-order valence-corrected chi connectivity index (χ2v) is 10.4. The van der Waals surface area contributed by atoms with Gasteiger partial charge in [0.05, 0.1) is 10.6 Å². The highest BCUT2D eigenvalue weighted by molar-refractivity contribution is 6.42. The summed E-state index contributed by atoms with van der Waals surface area (Å²) in [6.07, 6.45) is -3.24. The lowest BCUT2D eigenvalue weighted by atomic mass is 10.0. The number of nitrogens with zero attached hydrogens (tertiary/aromatic N) is 5. The summed E-state index contributed by atoms with van der Waals surface area (Å²) in [6, 6.07) is 7.85. The average molecular weight is 643 g/mol. The molecule has 1 aliphatic heterocycles. The van der Waals surface area contributed by atoms with Crippen molar-refractivity contribution in [2.24, 2.45) is 0 Å². The van der Waals surface area contributed by atoms with E-state index in [2.05, 4.69) is 15.0 Å². The molecule has 4 aromatic rings. The van der Waals surface area contributed by atoms with E-state index in [1.165, 1.54) is 18.3 Å². The summed E-state index contributed by atoms with van der Waals surface area (Å²) >= 11 is 12.4. The van der Waals surface area contributed by atoms with Crippen LogP contribution in [0.15, 0.2) is 41.3 Å². The molecule has 1 aliphatic rings. The molecule has 0 atom stereocenters. The van der Waals surface area contributed by atoms with E-state index in [0.29, 0.717) is 55.3 Å². The number of carboxylic acid groups (broad SMARTS) is 1. The van der Waals surface area contributed by atoms with Gasteiger partial charge in [0.15, 0.2) is 0 Å². The van der Waals surface area contributed by atoms with Gasteiger partial charge >= 0.3 is 12.1 Å². The normalized spacial score (nSPS) is 13.6. The van der Waals surface area contributed by atoms with Crippen LogP contribution in [0.25, 0.3) is 5.52 Å². The topological polar surface area (TPSA) is 124 Å². The largest absolute Gasteiger partial charge is 0.490 e. The molecular formula is C27H24Cl2F4N6O4. The van der Waals surface area contributed by atoms with Crippen molar-refractivity contribution in [3.05, 3.63) is 91.1 Å². The number of aliphatic carboxylic acids is 1. The Balaban J connectivity index is 0.000000541.